The molecule has 0 atom stereocenters. The fourth-order valence-corrected chi connectivity index (χ4v) is 0.581. The van der Waals surface area contributed by atoms with E-state index in [0.29, 0.717) is 5.56 Å². The van der Waals surface area contributed by atoms with Crippen molar-refractivity contribution in [2.75, 3.05) is 0 Å². The summed E-state index contributed by atoms with van der Waals surface area (Å²) in [5, 5.41) is 8.38. The van der Waals surface area contributed by atoms with Crippen molar-refractivity contribution >= 4 is 5.97 Å². The summed E-state index contributed by atoms with van der Waals surface area (Å²) < 4.78 is 0. The molecule has 0 aliphatic heterocycles. The van der Waals surface area contributed by atoms with Crippen molar-refractivity contribution in [1.82, 2.24) is 0 Å². The van der Waals surface area contributed by atoms with Gasteiger partial charge in [0.15, 0.2) is 0 Å². The van der Waals surface area contributed by atoms with Crippen LogP contribution in [0.25, 0.3) is 0 Å². The van der Waals surface area contributed by atoms with Crippen molar-refractivity contribution in [3.63, 3.8) is 0 Å². The normalized spacial score (nSPS) is 7.86. The maximum absolute atomic E-state index is 10.2. The molecule has 1 N–H and O–H groups in total. The number of carboxylic acid groups (broad SMARTS) is 1. The van der Waals surface area contributed by atoms with Crippen LogP contribution in [0.2, 0.25) is 0 Å². The number of carboxylic acids is 1. The van der Waals surface area contributed by atoms with Gasteiger partial charge >= 0.3 is 24.8 Å². The molecule has 0 saturated carbocycles. The van der Waals surface area contributed by atoms with Crippen LogP contribution in [0.4, 0.5) is 0 Å². The van der Waals surface area contributed by atoms with Crippen molar-refractivity contribution in [3.05, 3.63) is 42.8 Å². The zero-order chi connectivity index (χ0) is 10.1. The Balaban J connectivity index is 0. The third-order valence-corrected chi connectivity index (χ3v) is 1.37. The van der Waals surface area contributed by atoms with Gasteiger partial charge in [-0.1, -0.05) is 31.5 Å². The molecule has 1 rings (SSSR count). The molecule has 3 heteroatoms. The number of aromatic carboxylic acids is 1. The molecule has 0 radical (unpaired) electrons. The minimum absolute atomic E-state index is 0. The molecule has 0 aromatic heterocycles. The number of hydrogen-bond donors (Lipinski definition) is 1. The molecule has 0 unspecified atom stereocenters. The maximum atomic E-state index is 10.2. The Kier molecular flexibility index (Phi) is 11.7. The van der Waals surface area contributed by atoms with Crippen molar-refractivity contribution < 1.29 is 28.8 Å². The average molecular weight is 186 g/mol. The zero-order valence-corrected chi connectivity index (χ0v) is 8.86. The van der Waals surface area contributed by atoms with Crippen LogP contribution in [0.1, 0.15) is 30.1 Å². The molecule has 0 amide bonds. The number of unbranched alkanes of at least 4 members (excludes halogenated alkanes) is 1. The van der Waals surface area contributed by atoms with Crippen LogP contribution in [0, 0.1) is 6.92 Å². The van der Waals surface area contributed by atoms with E-state index < -0.39 is 5.97 Å². The summed E-state index contributed by atoms with van der Waals surface area (Å²) in [6.07, 6.45) is 2.28. The largest absolute Gasteiger partial charge is 1.00 e. The van der Waals surface area contributed by atoms with E-state index in [4.69, 9.17) is 5.11 Å². The smallest absolute Gasteiger partial charge is 0.478 e. The predicted octanol–water partition coefficient (Wildman–Crippen LogP) is 0.00939. The summed E-state index contributed by atoms with van der Waals surface area (Å²) in [6.45, 7) is 5.72. The second-order valence-corrected chi connectivity index (χ2v) is 2.52. The second-order valence-electron chi connectivity index (χ2n) is 2.52. The first kappa shape index (κ1) is 15.7. The fraction of sp³-hybridized carbons (Fsp3) is 0.273. The molecular formula is C11H15LiO2. The fourth-order valence-electron chi connectivity index (χ4n) is 0.581. The van der Waals surface area contributed by atoms with Crippen molar-refractivity contribution in [1.29, 1.82) is 0 Å². The van der Waals surface area contributed by atoms with Gasteiger partial charge in [0.25, 0.3) is 0 Å². The van der Waals surface area contributed by atoms with E-state index in [0.717, 1.165) is 6.42 Å². The van der Waals surface area contributed by atoms with Crippen LogP contribution in [0.15, 0.2) is 30.3 Å². The van der Waals surface area contributed by atoms with Gasteiger partial charge in [0.1, 0.15) is 0 Å². The van der Waals surface area contributed by atoms with Crippen LogP contribution in [0.3, 0.4) is 0 Å². The van der Waals surface area contributed by atoms with E-state index in [1.807, 2.05) is 0 Å². The average Bonchev–Trinajstić information content (AvgIpc) is 2.19. The Labute approximate surface area is 97.5 Å². The van der Waals surface area contributed by atoms with Gasteiger partial charge in [0, 0.05) is 0 Å². The Morgan fingerprint density at radius 3 is 2.00 bits per heavy atom. The topological polar surface area (TPSA) is 37.3 Å². The van der Waals surface area contributed by atoms with E-state index in [2.05, 4.69) is 13.8 Å². The minimum atomic E-state index is -0.879. The summed E-state index contributed by atoms with van der Waals surface area (Å²) in [4.78, 5) is 10.2. The van der Waals surface area contributed by atoms with Gasteiger partial charge in [-0.15, -0.1) is 0 Å². The number of carbonyl (C=O) groups is 1. The molecule has 72 valence electrons. The Hall–Kier alpha value is -0.713. The minimum Gasteiger partial charge on any atom is -0.478 e. The molecule has 0 spiro atoms. The Morgan fingerprint density at radius 1 is 1.36 bits per heavy atom. The molecule has 1 aromatic rings. The summed E-state index contributed by atoms with van der Waals surface area (Å²) in [5.41, 5.74) is 0.331. The summed E-state index contributed by atoms with van der Waals surface area (Å²) in [7, 11) is 0. The van der Waals surface area contributed by atoms with Gasteiger partial charge in [-0.05, 0) is 12.1 Å². The summed E-state index contributed by atoms with van der Waals surface area (Å²) in [5.74, 6) is -0.879. The molecular weight excluding hydrogens is 171 g/mol. The molecule has 0 heterocycles. The molecule has 0 bridgehead atoms. The van der Waals surface area contributed by atoms with E-state index in [1.165, 1.54) is 6.42 Å². The second kappa shape index (κ2) is 10.4. The van der Waals surface area contributed by atoms with Crippen LogP contribution < -0.4 is 18.9 Å². The van der Waals surface area contributed by atoms with Gasteiger partial charge in [0.05, 0.1) is 5.56 Å². The van der Waals surface area contributed by atoms with Gasteiger partial charge in [-0.2, -0.15) is 6.42 Å². The third-order valence-electron chi connectivity index (χ3n) is 1.37. The molecule has 1 aromatic carbocycles. The summed E-state index contributed by atoms with van der Waals surface area (Å²) >= 11 is 0. The molecule has 0 aliphatic rings. The predicted molar refractivity (Wildman–Crippen MR) is 53.7 cm³/mol. The number of benzene rings is 1. The molecule has 0 fully saturated rings. The Bertz CT molecular complexity index is 232. The molecule has 2 nitrogen and oxygen atoms in total. The zero-order valence-electron chi connectivity index (χ0n) is 8.86. The molecule has 0 aliphatic carbocycles. The molecule has 14 heavy (non-hydrogen) atoms. The van der Waals surface area contributed by atoms with Crippen LogP contribution >= 0.6 is 0 Å². The molecule has 0 saturated heterocycles. The van der Waals surface area contributed by atoms with Crippen LogP contribution in [0.5, 0.6) is 0 Å². The van der Waals surface area contributed by atoms with Crippen LogP contribution in [-0.4, -0.2) is 11.1 Å². The summed E-state index contributed by atoms with van der Waals surface area (Å²) in [6, 6.07) is 8.30. The van der Waals surface area contributed by atoms with E-state index in [9.17, 15) is 4.79 Å². The van der Waals surface area contributed by atoms with Gasteiger partial charge in [-0.3, -0.25) is 0 Å². The van der Waals surface area contributed by atoms with Crippen molar-refractivity contribution in [2.24, 2.45) is 0 Å². The third kappa shape index (κ3) is 7.91. The van der Waals surface area contributed by atoms with Crippen molar-refractivity contribution in [2.45, 2.75) is 19.8 Å². The van der Waals surface area contributed by atoms with E-state index in [-0.39, 0.29) is 18.9 Å². The first-order chi connectivity index (χ1) is 6.22. The van der Waals surface area contributed by atoms with Gasteiger partial charge in [-0.25, -0.2) is 4.79 Å². The standard InChI is InChI=1S/C7H6O2.C4H9.Li/c8-7(9)6-4-2-1-3-5-6;1-3-4-2;/h1-5H,(H,8,9);1,3-4H2,2H3;/q;-1;+1. The van der Waals surface area contributed by atoms with Crippen LogP contribution in [-0.2, 0) is 0 Å². The van der Waals surface area contributed by atoms with E-state index in [1.54, 1.807) is 30.3 Å². The number of rotatable bonds is 2. The van der Waals surface area contributed by atoms with Gasteiger partial charge in [0.2, 0.25) is 0 Å². The maximum Gasteiger partial charge on any atom is 1.00 e. The van der Waals surface area contributed by atoms with Crippen molar-refractivity contribution in [3.8, 4) is 0 Å². The first-order valence-corrected chi connectivity index (χ1v) is 4.30. The van der Waals surface area contributed by atoms with Gasteiger partial charge < -0.3 is 12.0 Å². The Morgan fingerprint density at radius 2 is 1.79 bits per heavy atom. The number of hydrogen-bond acceptors (Lipinski definition) is 1. The SMILES string of the molecule is O=C(O)c1ccccc1.[CH2-]CCC.[Li+]. The quantitative estimate of drug-likeness (QED) is 0.522. The first-order valence-electron chi connectivity index (χ1n) is 4.30. The monoisotopic (exact) mass is 186 g/mol. The van der Waals surface area contributed by atoms with E-state index >= 15 is 0 Å².